The zero-order valence-electron chi connectivity index (χ0n) is 17.7. The molecule has 160 valence electrons. The van der Waals surface area contributed by atoms with Gasteiger partial charge in [0.1, 0.15) is 5.69 Å². The lowest BCUT2D eigenvalue weighted by atomic mass is 9.95. The van der Waals surface area contributed by atoms with Crippen LogP contribution < -0.4 is 10.2 Å². The first kappa shape index (κ1) is 21.2. The van der Waals surface area contributed by atoms with Gasteiger partial charge in [-0.3, -0.25) is 19.5 Å². The monoisotopic (exact) mass is 433 g/mol. The van der Waals surface area contributed by atoms with Crippen LogP contribution in [0.25, 0.3) is 0 Å². The number of anilines is 1. The molecule has 1 aliphatic carbocycles. The number of nitrogens with one attached hydrogen (secondary N) is 1. The highest BCUT2D eigenvalue weighted by atomic mass is 32.1. The summed E-state index contributed by atoms with van der Waals surface area (Å²) in [5.41, 5.74) is 2.09. The molecule has 2 aromatic heterocycles. The highest BCUT2D eigenvalue weighted by molar-refractivity contribution is 7.10. The van der Waals surface area contributed by atoms with Gasteiger partial charge in [0.15, 0.2) is 6.04 Å². The van der Waals surface area contributed by atoms with Crippen molar-refractivity contribution in [3.63, 3.8) is 0 Å². The topological polar surface area (TPSA) is 62.3 Å². The second-order valence-electron chi connectivity index (χ2n) is 7.99. The van der Waals surface area contributed by atoms with Gasteiger partial charge in [-0.1, -0.05) is 49.1 Å². The third kappa shape index (κ3) is 5.02. The predicted molar refractivity (Wildman–Crippen MR) is 124 cm³/mol. The fraction of sp³-hybridized carbons (Fsp3) is 0.320. The second kappa shape index (κ2) is 9.88. The molecule has 6 heteroatoms. The summed E-state index contributed by atoms with van der Waals surface area (Å²) in [5.74, 6) is -0.430. The van der Waals surface area contributed by atoms with E-state index in [0.29, 0.717) is 11.4 Å². The number of hydrogen-bond donors (Lipinski definition) is 1. The van der Waals surface area contributed by atoms with Gasteiger partial charge in [0.05, 0.1) is 0 Å². The van der Waals surface area contributed by atoms with E-state index in [1.807, 2.05) is 48.7 Å². The Morgan fingerprint density at radius 2 is 1.81 bits per heavy atom. The van der Waals surface area contributed by atoms with Crippen molar-refractivity contribution in [2.45, 2.75) is 51.1 Å². The zero-order chi connectivity index (χ0) is 21.6. The summed E-state index contributed by atoms with van der Waals surface area (Å²) in [6, 6.07) is 16.2. The quantitative estimate of drug-likeness (QED) is 0.575. The maximum absolute atomic E-state index is 13.7. The maximum atomic E-state index is 13.7. The summed E-state index contributed by atoms with van der Waals surface area (Å²) < 4.78 is 0. The molecule has 5 nitrogen and oxygen atoms in total. The largest absolute Gasteiger partial charge is 0.351 e. The van der Waals surface area contributed by atoms with Gasteiger partial charge in [-0.15, -0.1) is 11.3 Å². The van der Waals surface area contributed by atoms with E-state index in [4.69, 9.17) is 0 Å². The van der Waals surface area contributed by atoms with E-state index in [0.717, 1.165) is 36.1 Å². The van der Waals surface area contributed by atoms with Crippen LogP contribution in [0.2, 0.25) is 0 Å². The molecule has 0 bridgehead atoms. The summed E-state index contributed by atoms with van der Waals surface area (Å²) in [5, 5.41) is 5.17. The fourth-order valence-electron chi connectivity index (χ4n) is 4.05. The van der Waals surface area contributed by atoms with Gasteiger partial charge in [0, 0.05) is 22.8 Å². The zero-order valence-corrected chi connectivity index (χ0v) is 18.5. The summed E-state index contributed by atoms with van der Waals surface area (Å²) in [4.78, 5) is 33.9. The van der Waals surface area contributed by atoms with E-state index in [1.165, 1.54) is 17.8 Å². The Balaban J connectivity index is 1.74. The molecular formula is C25H27N3O2S. The molecule has 3 aromatic rings. The SMILES string of the molecule is Cc1ccc(N(C(=O)c2ccccn2)[C@@H](C(=O)NC2CCCCC2)c2cccs2)cc1. The van der Waals surface area contributed by atoms with Crippen LogP contribution in [0.3, 0.4) is 0 Å². The van der Waals surface area contributed by atoms with Gasteiger partial charge in [-0.25, -0.2) is 0 Å². The first-order valence-electron chi connectivity index (χ1n) is 10.8. The Bertz CT molecular complexity index is 997. The van der Waals surface area contributed by atoms with Crippen LogP contribution in [-0.2, 0) is 4.79 Å². The van der Waals surface area contributed by atoms with Crippen molar-refractivity contribution < 1.29 is 9.59 Å². The van der Waals surface area contributed by atoms with E-state index in [9.17, 15) is 9.59 Å². The third-order valence-electron chi connectivity index (χ3n) is 5.69. The molecule has 0 unspecified atom stereocenters. The van der Waals surface area contributed by atoms with Gasteiger partial charge in [-0.2, -0.15) is 0 Å². The average molecular weight is 434 g/mol. The Morgan fingerprint density at radius 1 is 1.03 bits per heavy atom. The number of nitrogens with zero attached hydrogens (tertiary/aromatic N) is 2. The molecule has 4 rings (SSSR count). The minimum Gasteiger partial charge on any atom is -0.351 e. The number of aryl methyl sites for hydroxylation is 1. The molecule has 0 spiro atoms. The number of pyridine rings is 1. The highest BCUT2D eigenvalue weighted by Crippen LogP contribution is 2.32. The lowest BCUT2D eigenvalue weighted by Gasteiger charge is -2.32. The highest BCUT2D eigenvalue weighted by Gasteiger charge is 2.35. The Morgan fingerprint density at radius 3 is 2.45 bits per heavy atom. The third-order valence-corrected chi connectivity index (χ3v) is 6.61. The van der Waals surface area contributed by atoms with Crippen molar-refractivity contribution in [1.29, 1.82) is 0 Å². The van der Waals surface area contributed by atoms with E-state index >= 15 is 0 Å². The standard InChI is InChI=1S/C25H27N3O2S/c1-18-12-14-20(15-13-18)28(25(30)21-10-5-6-16-26-21)23(22-11-7-17-31-22)24(29)27-19-8-3-2-4-9-19/h5-7,10-17,19,23H,2-4,8-9H2,1H3,(H,27,29)/t23-/m1/s1. The second-order valence-corrected chi connectivity index (χ2v) is 8.97. The molecule has 0 aliphatic heterocycles. The number of amides is 2. The molecule has 1 saturated carbocycles. The Kier molecular flexibility index (Phi) is 6.77. The fourth-order valence-corrected chi connectivity index (χ4v) is 4.86. The number of aromatic nitrogens is 1. The summed E-state index contributed by atoms with van der Waals surface area (Å²) in [6.07, 6.45) is 7.05. The molecule has 1 atom stereocenters. The van der Waals surface area contributed by atoms with Crippen LogP contribution in [0, 0.1) is 6.92 Å². The molecule has 2 heterocycles. The lowest BCUT2D eigenvalue weighted by molar-refractivity contribution is -0.123. The normalized spacial score (nSPS) is 15.3. The summed E-state index contributed by atoms with van der Waals surface area (Å²) in [7, 11) is 0. The number of carbonyl (C=O) groups excluding carboxylic acids is 2. The molecule has 0 saturated heterocycles. The van der Waals surface area contributed by atoms with Crippen molar-refractivity contribution in [1.82, 2.24) is 10.3 Å². The Hall–Kier alpha value is -2.99. The Labute approximate surface area is 187 Å². The minimum atomic E-state index is -0.751. The van der Waals surface area contributed by atoms with E-state index < -0.39 is 6.04 Å². The number of benzene rings is 1. The molecular weight excluding hydrogens is 406 g/mol. The number of carbonyl (C=O) groups is 2. The minimum absolute atomic E-state index is 0.140. The number of hydrogen-bond acceptors (Lipinski definition) is 4. The van der Waals surface area contributed by atoms with E-state index in [-0.39, 0.29) is 17.9 Å². The van der Waals surface area contributed by atoms with E-state index in [2.05, 4.69) is 10.3 Å². The van der Waals surface area contributed by atoms with Crippen LogP contribution in [0.15, 0.2) is 66.2 Å². The molecule has 2 amide bonds. The van der Waals surface area contributed by atoms with Crippen LogP contribution in [-0.4, -0.2) is 22.8 Å². The number of thiophene rings is 1. The first-order chi connectivity index (χ1) is 15.1. The first-order valence-corrected chi connectivity index (χ1v) is 11.7. The van der Waals surface area contributed by atoms with Gasteiger partial charge in [0.25, 0.3) is 5.91 Å². The molecule has 31 heavy (non-hydrogen) atoms. The predicted octanol–water partition coefficient (Wildman–Crippen LogP) is 5.29. The van der Waals surface area contributed by atoms with Crippen molar-refractivity contribution in [3.8, 4) is 0 Å². The molecule has 1 fully saturated rings. The van der Waals surface area contributed by atoms with Gasteiger partial charge < -0.3 is 5.32 Å². The molecule has 0 radical (unpaired) electrons. The van der Waals surface area contributed by atoms with Crippen LogP contribution >= 0.6 is 11.3 Å². The molecule has 1 aliphatic rings. The van der Waals surface area contributed by atoms with Gasteiger partial charge in [-0.05, 0) is 55.5 Å². The molecule has 1 aromatic carbocycles. The van der Waals surface area contributed by atoms with Gasteiger partial charge in [0.2, 0.25) is 5.91 Å². The van der Waals surface area contributed by atoms with Crippen LogP contribution in [0.5, 0.6) is 0 Å². The molecule has 1 N–H and O–H groups in total. The van der Waals surface area contributed by atoms with Crippen molar-refractivity contribution in [2.75, 3.05) is 4.90 Å². The maximum Gasteiger partial charge on any atom is 0.277 e. The van der Waals surface area contributed by atoms with Crippen molar-refractivity contribution >= 4 is 28.8 Å². The smallest absolute Gasteiger partial charge is 0.277 e. The van der Waals surface area contributed by atoms with Gasteiger partial charge >= 0.3 is 0 Å². The van der Waals surface area contributed by atoms with Crippen LogP contribution in [0.1, 0.15) is 59.1 Å². The van der Waals surface area contributed by atoms with Crippen molar-refractivity contribution in [2.24, 2.45) is 0 Å². The summed E-state index contributed by atoms with van der Waals surface area (Å²) in [6.45, 7) is 2.00. The van der Waals surface area contributed by atoms with Crippen molar-refractivity contribution in [3.05, 3.63) is 82.3 Å². The average Bonchev–Trinajstić information content (AvgIpc) is 3.33. The number of rotatable bonds is 6. The van der Waals surface area contributed by atoms with E-state index in [1.54, 1.807) is 29.3 Å². The lowest BCUT2D eigenvalue weighted by Crippen LogP contribution is -2.47. The van der Waals surface area contributed by atoms with Crippen LogP contribution in [0.4, 0.5) is 5.69 Å². The summed E-state index contributed by atoms with van der Waals surface area (Å²) >= 11 is 1.48.